The van der Waals surface area contributed by atoms with E-state index in [0.29, 0.717) is 13.0 Å². The van der Waals surface area contributed by atoms with Crippen LogP contribution in [0.5, 0.6) is 0 Å². The lowest BCUT2D eigenvalue weighted by Crippen LogP contribution is -2.37. The number of nitrogens with zero attached hydrogens (tertiary/aromatic N) is 3. The quantitative estimate of drug-likeness (QED) is 0.225. The average molecular weight is 233 g/mol. The van der Waals surface area contributed by atoms with E-state index in [1.54, 1.807) is 6.92 Å². The second kappa shape index (κ2) is 7.65. The molecule has 2 atom stereocenters. The Morgan fingerprint density at radius 1 is 1.69 bits per heavy atom. The van der Waals surface area contributed by atoms with Crippen molar-refractivity contribution in [1.29, 1.82) is 0 Å². The monoisotopic (exact) mass is 233 g/mol. The van der Waals surface area contributed by atoms with Crippen molar-refractivity contribution in [3.05, 3.63) is 10.1 Å². The van der Waals surface area contributed by atoms with Crippen LogP contribution in [-0.2, 0) is 4.79 Å². The van der Waals surface area contributed by atoms with E-state index in [0.717, 1.165) is 0 Å². The Morgan fingerprint density at radius 3 is 2.81 bits per heavy atom. The third kappa shape index (κ3) is 6.79. The van der Waals surface area contributed by atoms with Crippen LogP contribution in [0, 0.1) is 16.0 Å². The van der Waals surface area contributed by atoms with Gasteiger partial charge in [-0.05, 0) is 18.9 Å². The summed E-state index contributed by atoms with van der Waals surface area (Å²) >= 11 is 0. The molecular formula is C7H15N5O4. The summed E-state index contributed by atoms with van der Waals surface area (Å²) in [5.41, 5.74) is 5.38. The van der Waals surface area contributed by atoms with Crippen molar-refractivity contribution in [1.82, 2.24) is 5.32 Å². The number of hydrogen-bond donors (Lipinski definition) is 3. The fraction of sp³-hybridized carbons (Fsp3) is 0.857. The number of nitrogens with two attached hydrogens (primary N) is 1. The second-order valence-electron chi connectivity index (χ2n) is 3.26. The lowest BCUT2D eigenvalue weighted by molar-refractivity contribution is -0.494. The molecule has 0 bridgehead atoms. The molecule has 0 saturated heterocycles. The van der Waals surface area contributed by atoms with Gasteiger partial charge < -0.3 is 21.0 Å². The SMILES string of the molecule is C[C@H](CCNCN=N[N+](=O)[O-])[C@H](N)C(=O)O. The van der Waals surface area contributed by atoms with Gasteiger partial charge in [-0.2, -0.15) is 0 Å². The van der Waals surface area contributed by atoms with Crippen molar-refractivity contribution < 1.29 is 14.9 Å². The topological polar surface area (TPSA) is 143 Å². The van der Waals surface area contributed by atoms with Crippen molar-refractivity contribution in [2.75, 3.05) is 13.2 Å². The number of carboxylic acids is 1. The molecule has 0 fully saturated rings. The molecule has 0 aromatic rings. The van der Waals surface area contributed by atoms with E-state index >= 15 is 0 Å². The average Bonchev–Trinajstić information content (AvgIpc) is 2.21. The zero-order valence-corrected chi connectivity index (χ0v) is 8.87. The van der Waals surface area contributed by atoms with Crippen molar-refractivity contribution in [3.8, 4) is 0 Å². The summed E-state index contributed by atoms with van der Waals surface area (Å²) in [6, 6.07) is -0.901. The van der Waals surface area contributed by atoms with Gasteiger partial charge in [0.1, 0.15) is 6.04 Å². The van der Waals surface area contributed by atoms with E-state index in [4.69, 9.17) is 10.8 Å². The van der Waals surface area contributed by atoms with Crippen LogP contribution in [-0.4, -0.2) is 35.4 Å². The highest BCUT2D eigenvalue weighted by molar-refractivity contribution is 5.73. The fourth-order valence-corrected chi connectivity index (χ4v) is 0.965. The molecule has 16 heavy (non-hydrogen) atoms. The van der Waals surface area contributed by atoms with Gasteiger partial charge in [0.15, 0.2) is 5.22 Å². The predicted molar refractivity (Wildman–Crippen MR) is 54.1 cm³/mol. The maximum absolute atomic E-state index is 10.5. The van der Waals surface area contributed by atoms with Crippen LogP contribution in [0.2, 0.25) is 0 Å². The highest BCUT2D eigenvalue weighted by Gasteiger charge is 2.19. The summed E-state index contributed by atoms with van der Waals surface area (Å²) < 4.78 is 0. The molecule has 9 nitrogen and oxygen atoms in total. The molecule has 0 aliphatic carbocycles. The molecule has 0 aromatic carbocycles. The van der Waals surface area contributed by atoms with Gasteiger partial charge in [0.2, 0.25) is 6.67 Å². The Hall–Kier alpha value is -1.61. The molecule has 0 rings (SSSR count). The minimum Gasteiger partial charge on any atom is -0.480 e. The number of nitro groups is 1. The van der Waals surface area contributed by atoms with Gasteiger partial charge in [-0.3, -0.25) is 10.1 Å². The molecule has 0 spiro atoms. The Kier molecular flexibility index (Phi) is 6.88. The van der Waals surface area contributed by atoms with Crippen LogP contribution in [0.25, 0.3) is 0 Å². The summed E-state index contributed by atoms with van der Waals surface area (Å²) in [5, 5.41) is 26.1. The first-order valence-electron chi connectivity index (χ1n) is 4.66. The molecule has 0 radical (unpaired) electrons. The zero-order chi connectivity index (χ0) is 12.6. The molecule has 0 heterocycles. The maximum Gasteiger partial charge on any atom is 0.320 e. The van der Waals surface area contributed by atoms with E-state index in [2.05, 4.69) is 15.7 Å². The molecule has 0 saturated carbocycles. The molecule has 0 unspecified atom stereocenters. The van der Waals surface area contributed by atoms with Crippen LogP contribution in [0.4, 0.5) is 0 Å². The van der Waals surface area contributed by atoms with Crippen molar-refractivity contribution in [3.63, 3.8) is 0 Å². The lowest BCUT2D eigenvalue weighted by Gasteiger charge is -2.14. The summed E-state index contributed by atoms with van der Waals surface area (Å²) in [7, 11) is 0. The van der Waals surface area contributed by atoms with Crippen LogP contribution in [0.1, 0.15) is 13.3 Å². The third-order valence-corrected chi connectivity index (χ3v) is 1.99. The summed E-state index contributed by atoms with van der Waals surface area (Å²) in [6.45, 7) is 2.22. The van der Waals surface area contributed by atoms with Crippen LogP contribution >= 0.6 is 0 Å². The fourth-order valence-electron chi connectivity index (χ4n) is 0.965. The number of carbonyl (C=O) groups is 1. The van der Waals surface area contributed by atoms with Crippen LogP contribution in [0.15, 0.2) is 10.3 Å². The smallest absolute Gasteiger partial charge is 0.320 e. The lowest BCUT2D eigenvalue weighted by atomic mass is 9.99. The Bertz CT molecular complexity index is 270. The molecule has 0 aliphatic heterocycles. The summed E-state index contributed by atoms with van der Waals surface area (Å²) in [5.74, 6) is -1.22. The highest BCUT2D eigenvalue weighted by Crippen LogP contribution is 2.05. The third-order valence-electron chi connectivity index (χ3n) is 1.99. The number of hydrogen-bond acceptors (Lipinski definition) is 6. The Labute approximate surface area is 91.8 Å². The normalized spacial score (nSPS) is 14.9. The minimum atomic E-state index is -1.04. The molecule has 4 N–H and O–H groups in total. The van der Waals surface area contributed by atoms with E-state index in [1.165, 1.54) is 0 Å². The number of nitrogens with one attached hydrogen (secondary N) is 1. The van der Waals surface area contributed by atoms with Gasteiger partial charge in [0.05, 0.1) is 10.1 Å². The van der Waals surface area contributed by atoms with Crippen molar-refractivity contribution in [2.24, 2.45) is 22.0 Å². The first-order valence-corrected chi connectivity index (χ1v) is 4.66. The minimum absolute atomic E-state index is 0.0238. The van der Waals surface area contributed by atoms with E-state index in [-0.39, 0.29) is 12.6 Å². The van der Waals surface area contributed by atoms with Gasteiger partial charge in [0.25, 0.3) is 0 Å². The largest absolute Gasteiger partial charge is 0.480 e. The molecular weight excluding hydrogens is 218 g/mol. The highest BCUT2D eigenvalue weighted by atomic mass is 16.7. The maximum atomic E-state index is 10.5. The second-order valence-corrected chi connectivity index (χ2v) is 3.26. The first kappa shape index (κ1) is 14.4. The van der Waals surface area contributed by atoms with Gasteiger partial charge >= 0.3 is 5.97 Å². The number of carboxylic acid groups (broad SMARTS) is 1. The van der Waals surface area contributed by atoms with Gasteiger partial charge in [-0.1, -0.05) is 6.92 Å². The van der Waals surface area contributed by atoms with Gasteiger partial charge in [-0.25, -0.2) is 0 Å². The van der Waals surface area contributed by atoms with E-state index in [1.807, 2.05) is 0 Å². The standard InChI is InChI=1S/C7H15N5O4/c1-5(6(8)7(13)14)2-3-9-4-10-11-12(15)16/h5-6,9H,2-4,8H2,1H3,(H,13,14)/t5-,6+/m1/s1. The molecule has 92 valence electrons. The predicted octanol–water partition coefficient (Wildman–Crippen LogP) is -0.384. The molecule has 0 aliphatic rings. The van der Waals surface area contributed by atoms with E-state index < -0.39 is 17.0 Å². The Balaban J connectivity index is 3.59. The zero-order valence-electron chi connectivity index (χ0n) is 8.87. The Morgan fingerprint density at radius 2 is 2.31 bits per heavy atom. The first-order chi connectivity index (χ1) is 7.45. The van der Waals surface area contributed by atoms with Crippen LogP contribution < -0.4 is 11.1 Å². The van der Waals surface area contributed by atoms with Crippen LogP contribution in [0.3, 0.4) is 0 Å². The van der Waals surface area contributed by atoms with Gasteiger partial charge in [0, 0.05) is 0 Å². The van der Waals surface area contributed by atoms with Crippen molar-refractivity contribution in [2.45, 2.75) is 19.4 Å². The summed E-state index contributed by atoms with van der Waals surface area (Å²) in [4.78, 5) is 20.2. The number of rotatable bonds is 8. The number of aliphatic carboxylic acids is 1. The molecule has 0 aromatic heterocycles. The molecule has 0 amide bonds. The van der Waals surface area contributed by atoms with E-state index in [9.17, 15) is 14.9 Å². The van der Waals surface area contributed by atoms with Gasteiger partial charge in [-0.15, -0.1) is 0 Å². The van der Waals surface area contributed by atoms with Crippen molar-refractivity contribution >= 4 is 5.97 Å². The summed E-state index contributed by atoms with van der Waals surface area (Å²) in [6.07, 6.45) is 0.543. The molecule has 9 heteroatoms.